The molecular weight excluding hydrogens is 305 g/mol. The van der Waals surface area contributed by atoms with Crippen LogP contribution in [0.5, 0.6) is 5.75 Å². The van der Waals surface area contributed by atoms with Crippen molar-refractivity contribution in [1.29, 1.82) is 0 Å². The molecule has 0 atom stereocenters. The molecule has 116 valence electrons. The van der Waals surface area contributed by atoms with Crippen molar-refractivity contribution >= 4 is 28.8 Å². The Balaban J connectivity index is 2.30. The second-order valence-corrected chi connectivity index (χ2v) is 5.25. The summed E-state index contributed by atoms with van der Waals surface area (Å²) in [6.07, 6.45) is 0. The van der Waals surface area contributed by atoms with Crippen LogP contribution in [0.3, 0.4) is 0 Å². The van der Waals surface area contributed by atoms with Crippen molar-refractivity contribution in [3.63, 3.8) is 0 Å². The van der Waals surface area contributed by atoms with Crippen LogP contribution in [0.25, 0.3) is 0 Å². The number of nitrogens with two attached hydrogens (primary N) is 1. The van der Waals surface area contributed by atoms with Crippen LogP contribution in [0.1, 0.15) is 15.2 Å². The van der Waals surface area contributed by atoms with Gasteiger partial charge in [0, 0.05) is 6.54 Å². The molecule has 0 aliphatic rings. The van der Waals surface area contributed by atoms with E-state index in [2.05, 4.69) is 10.3 Å². The lowest BCUT2D eigenvalue weighted by Crippen LogP contribution is -2.25. The quantitative estimate of drug-likeness (QED) is 0.634. The maximum atomic E-state index is 12.2. The summed E-state index contributed by atoms with van der Waals surface area (Å²) in [6.45, 7) is -0.677. The van der Waals surface area contributed by atoms with Crippen molar-refractivity contribution in [3.05, 3.63) is 46.2 Å². The third kappa shape index (κ3) is 3.82. The molecule has 0 spiro atoms. The lowest BCUT2D eigenvalue weighted by atomic mass is 10.1. The number of hydrogen-bond donors (Lipinski definition) is 2. The predicted molar refractivity (Wildman–Crippen MR) is 86.0 cm³/mol. The SMILES string of the molecule is COc1ccc(N=C(N)c2cccs2)cc1C(=O)NCCF. The molecule has 2 rings (SSSR count). The first-order valence-electron chi connectivity index (χ1n) is 6.56. The summed E-state index contributed by atoms with van der Waals surface area (Å²) in [7, 11) is 1.46. The summed E-state index contributed by atoms with van der Waals surface area (Å²) in [4.78, 5) is 17.2. The van der Waals surface area contributed by atoms with Crippen LogP contribution in [0.15, 0.2) is 40.7 Å². The standard InChI is InChI=1S/C15H16FN3O2S/c1-21-12-5-4-10(9-11(12)15(20)18-7-6-16)19-14(17)13-3-2-8-22-13/h2-5,8-9H,6-7H2,1H3,(H2,17,19)(H,18,20). The topological polar surface area (TPSA) is 76.7 Å². The Labute approximate surface area is 131 Å². The van der Waals surface area contributed by atoms with E-state index >= 15 is 0 Å². The number of carbonyl (C=O) groups is 1. The van der Waals surface area contributed by atoms with Crippen LogP contribution in [0.4, 0.5) is 10.1 Å². The summed E-state index contributed by atoms with van der Waals surface area (Å²) in [6, 6.07) is 8.64. The van der Waals surface area contributed by atoms with Gasteiger partial charge in [-0.1, -0.05) is 6.07 Å². The van der Waals surface area contributed by atoms with Gasteiger partial charge in [0.2, 0.25) is 0 Å². The van der Waals surface area contributed by atoms with Crippen LogP contribution >= 0.6 is 11.3 Å². The first-order valence-corrected chi connectivity index (χ1v) is 7.44. The molecule has 0 radical (unpaired) electrons. The van der Waals surface area contributed by atoms with Gasteiger partial charge in [0.1, 0.15) is 18.3 Å². The van der Waals surface area contributed by atoms with E-state index in [1.165, 1.54) is 18.4 Å². The zero-order valence-electron chi connectivity index (χ0n) is 12.0. The maximum absolute atomic E-state index is 12.2. The largest absolute Gasteiger partial charge is 0.496 e. The van der Waals surface area contributed by atoms with Crippen molar-refractivity contribution in [1.82, 2.24) is 5.32 Å². The van der Waals surface area contributed by atoms with Gasteiger partial charge in [-0.3, -0.25) is 4.79 Å². The monoisotopic (exact) mass is 321 g/mol. The molecule has 7 heteroatoms. The van der Waals surface area contributed by atoms with Crippen LogP contribution in [-0.2, 0) is 0 Å². The van der Waals surface area contributed by atoms with E-state index in [4.69, 9.17) is 10.5 Å². The minimum Gasteiger partial charge on any atom is -0.496 e. The molecule has 0 unspecified atom stereocenters. The van der Waals surface area contributed by atoms with Crippen LogP contribution in [0, 0.1) is 0 Å². The van der Waals surface area contributed by atoms with E-state index in [0.29, 0.717) is 17.3 Å². The minimum atomic E-state index is -0.628. The fourth-order valence-electron chi connectivity index (χ4n) is 1.82. The molecule has 0 saturated heterocycles. The summed E-state index contributed by atoms with van der Waals surface area (Å²) < 4.78 is 17.3. The highest BCUT2D eigenvalue weighted by atomic mass is 32.1. The Kier molecular flexibility index (Phi) is 5.48. The first-order chi connectivity index (χ1) is 10.7. The van der Waals surface area contributed by atoms with E-state index in [9.17, 15) is 9.18 Å². The van der Waals surface area contributed by atoms with Crippen LogP contribution < -0.4 is 15.8 Å². The number of alkyl halides is 1. The van der Waals surface area contributed by atoms with Gasteiger partial charge >= 0.3 is 0 Å². The molecule has 1 heterocycles. The summed E-state index contributed by atoms with van der Waals surface area (Å²) in [5, 5.41) is 4.36. The zero-order chi connectivity index (χ0) is 15.9. The van der Waals surface area contributed by atoms with Gasteiger partial charge in [-0.05, 0) is 29.6 Å². The van der Waals surface area contributed by atoms with Crippen molar-refractivity contribution in [2.45, 2.75) is 0 Å². The average Bonchev–Trinajstić information content (AvgIpc) is 3.07. The Morgan fingerprint density at radius 3 is 2.91 bits per heavy atom. The highest BCUT2D eigenvalue weighted by Crippen LogP contribution is 2.25. The first kappa shape index (κ1) is 16.0. The second kappa shape index (κ2) is 7.56. The molecule has 0 fully saturated rings. The molecule has 0 bridgehead atoms. The highest BCUT2D eigenvalue weighted by Gasteiger charge is 2.13. The second-order valence-electron chi connectivity index (χ2n) is 4.30. The van der Waals surface area contributed by atoms with E-state index in [-0.39, 0.29) is 12.1 Å². The van der Waals surface area contributed by atoms with Gasteiger partial charge in [0.05, 0.1) is 23.2 Å². The third-order valence-electron chi connectivity index (χ3n) is 2.83. The highest BCUT2D eigenvalue weighted by molar-refractivity contribution is 7.12. The van der Waals surface area contributed by atoms with Crippen molar-refractivity contribution in [2.24, 2.45) is 10.7 Å². The number of rotatable bonds is 6. The molecule has 5 nitrogen and oxygen atoms in total. The third-order valence-corrected chi connectivity index (χ3v) is 3.72. The molecule has 3 N–H and O–H groups in total. The lowest BCUT2D eigenvalue weighted by Gasteiger charge is -2.09. The number of ether oxygens (including phenoxy) is 1. The van der Waals surface area contributed by atoms with Crippen molar-refractivity contribution in [2.75, 3.05) is 20.3 Å². The normalized spacial score (nSPS) is 11.3. The summed E-state index contributed by atoms with van der Waals surface area (Å²) in [5.41, 5.74) is 6.74. The summed E-state index contributed by atoms with van der Waals surface area (Å²) >= 11 is 1.48. The van der Waals surface area contributed by atoms with Gasteiger partial charge in [0.15, 0.2) is 0 Å². The van der Waals surface area contributed by atoms with E-state index in [1.807, 2.05) is 17.5 Å². The molecule has 1 aromatic heterocycles. The molecular formula is C15H16FN3O2S. The van der Waals surface area contributed by atoms with E-state index in [0.717, 1.165) is 4.88 Å². The van der Waals surface area contributed by atoms with Gasteiger partial charge < -0.3 is 15.8 Å². The number of nitrogens with one attached hydrogen (secondary N) is 1. The number of hydrogen-bond acceptors (Lipinski definition) is 4. The molecule has 0 aliphatic heterocycles. The number of methoxy groups -OCH3 is 1. The summed E-state index contributed by atoms with van der Waals surface area (Å²) in [5.74, 6) is 0.349. The van der Waals surface area contributed by atoms with Gasteiger partial charge in [-0.2, -0.15) is 0 Å². The number of amidine groups is 1. The smallest absolute Gasteiger partial charge is 0.255 e. The van der Waals surface area contributed by atoms with E-state index in [1.54, 1.807) is 18.2 Å². The number of benzene rings is 1. The number of nitrogens with zero attached hydrogens (tertiary/aromatic N) is 1. The molecule has 22 heavy (non-hydrogen) atoms. The van der Waals surface area contributed by atoms with Gasteiger partial charge in [0.25, 0.3) is 5.91 Å². The number of carbonyl (C=O) groups excluding carboxylic acids is 1. The molecule has 0 aliphatic carbocycles. The van der Waals surface area contributed by atoms with Crippen molar-refractivity contribution < 1.29 is 13.9 Å². The Bertz CT molecular complexity index is 671. The maximum Gasteiger partial charge on any atom is 0.255 e. The van der Waals surface area contributed by atoms with E-state index < -0.39 is 12.6 Å². The molecule has 2 aromatic rings. The molecule has 1 aromatic carbocycles. The predicted octanol–water partition coefficient (Wildman–Crippen LogP) is 2.49. The average molecular weight is 321 g/mol. The molecule has 1 amide bonds. The minimum absolute atomic E-state index is 0.0488. The fraction of sp³-hybridized carbons (Fsp3) is 0.200. The van der Waals surface area contributed by atoms with Gasteiger partial charge in [-0.15, -0.1) is 11.3 Å². The van der Waals surface area contributed by atoms with Crippen LogP contribution in [0.2, 0.25) is 0 Å². The molecule has 0 saturated carbocycles. The Morgan fingerprint density at radius 2 is 2.27 bits per heavy atom. The zero-order valence-corrected chi connectivity index (χ0v) is 12.8. The van der Waals surface area contributed by atoms with Crippen molar-refractivity contribution in [3.8, 4) is 5.75 Å². The number of aliphatic imine (C=N–C) groups is 1. The fourth-order valence-corrected chi connectivity index (χ4v) is 2.44. The number of amides is 1. The Morgan fingerprint density at radius 1 is 1.45 bits per heavy atom. The van der Waals surface area contributed by atoms with Crippen LogP contribution in [-0.4, -0.2) is 32.1 Å². The van der Waals surface area contributed by atoms with Gasteiger partial charge in [-0.25, -0.2) is 9.38 Å². The lowest BCUT2D eigenvalue weighted by molar-refractivity contribution is 0.0948. The number of halogens is 1. The number of thiophene rings is 1. The Hall–Kier alpha value is -2.41.